The first-order valence-electron chi connectivity index (χ1n) is 8.86. The number of alkyl carbamates (subject to hydrolysis) is 1. The molecule has 2 aliphatic rings. The molecule has 2 aliphatic heterocycles. The molecule has 1 saturated heterocycles. The fourth-order valence-corrected chi connectivity index (χ4v) is 3.23. The lowest BCUT2D eigenvalue weighted by atomic mass is 10.0. The summed E-state index contributed by atoms with van der Waals surface area (Å²) in [5.41, 5.74) is 1.96. The van der Waals surface area contributed by atoms with Crippen LogP contribution in [0.25, 0.3) is 0 Å². The van der Waals surface area contributed by atoms with Gasteiger partial charge < -0.3 is 19.7 Å². The van der Waals surface area contributed by atoms with Crippen molar-refractivity contribution in [1.29, 1.82) is 0 Å². The van der Waals surface area contributed by atoms with Crippen molar-refractivity contribution in [3.05, 3.63) is 29.3 Å². The highest BCUT2D eigenvalue weighted by Gasteiger charge is 2.29. The van der Waals surface area contributed by atoms with Crippen molar-refractivity contribution in [2.24, 2.45) is 0 Å². The third-order valence-corrected chi connectivity index (χ3v) is 4.56. The van der Waals surface area contributed by atoms with Gasteiger partial charge in [0.25, 0.3) is 5.91 Å². The molecule has 0 aliphatic carbocycles. The van der Waals surface area contributed by atoms with Gasteiger partial charge in [-0.15, -0.1) is 0 Å². The molecule has 8 nitrogen and oxygen atoms in total. The number of cyclic esters (lactones) is 1. The van der Waals surface area contributed by atoms with E-state index in [2.05, 4.69) is 10.6 Å². The van der Waals surface area contributed by atoms with Crippen LogP contribution >= 0.6 is 0 Å². The van der Waals surface area contributed by atoms with Gasteiger partial charge in [-0.2, -0.15) is 0 Å². The third-order valence-electron chi connectivity index (χ3n) is 4.56. The average Bonchev–Trinajstić information content (AvgIpc) is 2.66. The zero-order valence-corrected chi connectivity index (χ0v) is 14.7. The van der Waals surface area contributed by atoms with Crippen molar-refractivity contribution in [3.63, 3.8) is 0 Å². The highest BCUT2D eigenvalue weighted by atomic mass is 16.6. The van der Waals surface area contributed by atoms with Crippen LogP contribution < -0.4 is 10.6 Å². The minimum atomic E-state index is -0.491. The van der Waals surface area contributed by atoms with E-state index in [0.29, 0.717) is 24.3 Å². The first kappa shape index (κ1) is 18.0. The van der Waals surface area contributed by atoms with Crippen molar-refractivity contribution in [2.45, 2.75) is 38.8 Å². The Morgan fingerprint density at radius 2 is 2.23 bits per heavy atom. The minimum absolute atomic E-state index is 0.103. The fourth-order valence-electron chi connectivity index (χ4n) is 3.23. The molecule has 140 valence electrons. The van der Waals surface area contributed by atoms with Gasteiger partial charge in [0.05, 0.1) is 11.7 Å². The first-order chi connectivity index (χ1) is 12.6. The number of likely N-dealkylation sites (tertiary alicyclic amines) is 1. The number of benzene rings is 1. The third kappa shape index (κ3) is 4.07. The summed E-state index contributed by atoms with van der Waals surface area (Å²) in [5.74, 6) is -0.103. The van der Waals surface area contributed by atoms with Crippen molar-refractivity contribution < 1.29 is 23.9 Å². The molecule has 0 saturated carbocycles. The molecule has 2 heterocycles. The second-order valence-corrected chi connectivity index (χ2v) is 6.35. The Kier molecular flexibility index (Phi) is 5.60. The van der Waals surface area contributed by atoms with Gasteiger partial charge in [0, 0.05) is 24.2 Å². The highest BCUT2D eigenvalue weighted by Crippen LogP contribution is 2.25. The topological polar surface area (TPSA) is 97.0 Å². The van der Waals surface area contributed by atoms with E-state index in [-0.39, 0.29) is 25.2 Å². The van der Waals surface area contributed by atoms with E-state index in [1.807, 2.05) is 6.92 Å². The number of ether oxygens (including phenoxy) is 2. The SMILES string of the molecule is CCNC(=O)OCC1CCCCN1C(=O)c1ccc2c(c1)COC(=O)N2. The minimum Gasteiger partial charge on any atom is -0.447 e. The molecular formula is C18H23N3O5. The first-order valence-corrected chi connectivity index (χ1v) is 8.86. The van der Waals surface area contributed by atoms with Crippen molar-refractivity contribution in [2.75, 3.05) is 25.0 Å². The van der Waals surface area contributed by atoms with E-state index < -0.39 is 12.2 Å². The lowest BCUT2D eigenvalue weighted by Crippen LogP contribution is -2.47. The number of rotatable bonds is 4. The second kappa shape index (κ2) is 8.07. The van der Waals surface area contributed by atoms with Crippen molar-refractivity contribution in [1.82, 2.24) is 10.2 Å². The normalized spacial score (nSPS) is 19.0. The van der Waals surface area contributed by atoms with Crippen LogP contribution in [0.4, 0.5) is 15.3 Å². The van der Waals surface area contributed by atoms with Crippen molar-refractivity contribution >= 4 is 23.8 Å². The van der Waals surface area contributed by atoms with Gasteiger partial charge in [0.15, 0.2) is 0 Å². The number of amides is 3. The van der Waals surface area contributed by atoms with E-state index >= 15 is 0 Å². The van der Waals surface area contributed by atoms with E-state index in [1.165, 1.54) is 0 Å². The number of nitrogens with one attached hydrogen (secondary N) is 2. The quantitative estimate of drug-likeness (QED) is 0.859. The van der Waals surface area contributed by atoms with Crippen LogP contribution in [-0.2, 0) is 16.1 Å². The summed E-state index contributed by atoms with van der Waals surface area (Å²) in [6, 6.07) is 5.02. The standard InChI is InChI=1S/C18H23N3O5/c1-2-19-17(23)26-11-14-5-3-4-8-21(14)16(22)12-6-7-15-13(9-12)10-25-18(24)20-15/h6-7,9,14H,2-5,8,10-11H2,1H3,(H,19,23)(H,20,24). The maximum atomic E-state index is 13.0. The summed E-state index contributed by atoms with van der Waals surface area (Å²) in [7, 11) is 0. The van der Waals surface area contributed by atoms with E-state index in [9.17, 15) is 14.4 Å². The Morgan fingerprint density at radius 3 is 3.04 bits per heavy atom. The van der Waals surface area contributed by atoms with Crippen LogP contribution in [-0.4, -0.2) is 48.7 Å². The molecule has 0 aromatic heterocycles. The molecule has 1 atom stereocenters. The lowest BCUT2D eigenvalue weighted by Gasteiger charge is -2.35. The molecule has 0 bridgehead atoms. The van der Waals surface area contributed by atoms with Crippen molar-refractivity contribution in [3.8, 4) is 0 Å². The average molecular weight is 361 g/mol. The van der Waals surface area contributed by atoms with Gasteiger partial charge in [0.1, 0.15) is 13.2 Å². The fraction of sp³-hybridized carbons (Fsp3) is 0.500. The van der Waals surface area contributed by atoms with E-state index in [0.717, 1.165) is 24.8 Å². The number of anilines is 1. The number of hydrogen-bond donors (Lipinski definition) is 2. The van der Waals surface area contributed by atoms with Crippen LogP contribution in [0, 0.1) is 0 Å². The Labute approximate surface area is 151 Å². The Hall–Kier alpha value is -2.77. The summed E-state index contributed by atoms with van der Waals surface area (Å²) in [5, 5.41) is 5.19. The summed E-state index contributed by atoms with van der Waals surface area (Å²) in [6.45, 7) is 3.28. The molecule has 1 aromatic carbocycles. The lowest BCUT2D eigenvalue weighted by molar-refractivity contribution is 0.0449. The Balaban J connectivity index is 1.70. The molecular weight excluding hydrogens is 338 g/mol. The van der Waals surface area contributed by atoms with Gasteiger partial charge in [-0.05, 0) is 44.4 Å². The molecule has 1 unspecified atom stereocenters. The zero-order chi connectivity index (χ0) is 18.5. The molecule has 0 spiro atoms. The van der Waals surface area contributed by atoms with Crippen LogP contribution in [0.5, 0.6) is 0 Å². The maximum Gasteiger partial charge on any atom is 0.411 e. The molecule has 3 amide bonds. The molecule has 1 fully saturated rings. The number of hydrogen-bond acceptors (Lipinski definition) is 5. The number of nitrogens with zero attached hydrogens (tertiary/aromatic N) is 1. The predicted molar refractivity (Wildman–Crippen MR) is 93.9 cm³/mol. The predicted octanol–water partition coefficient (Wildman–Crippen LogP) is 2.49. The number of carbonyl (C=O) groups excluding carboxylic acids is 3. The summed E-state index contributed by atoms with van der Waals surface area (Å²) < 4.78 is 10.2. The largest absolute Gasteiger partial charge is 0.447 e. The molecule has 8 heteroatoms. The number of piperidine rings is 1. The Morgan fingerprint density at radius 1 is 1.38 bits per heavy atom. The van der Waals surface area contributed by atoms with Crippen LogP contribution in [0.1, 0.15) is 42.1 Å². The molecule has 2 N–H and O–H groups in total. The summed E-state index contributed by atoms with van der Waals surface area (Å²) in [4.78, 5) is 37.5. The maximum absolute atomic E-state index is 13.0. The summed E-state index contributed by atoms with van der Waals surface area (Å²) >= 11 is 0. The van der Waals surface area contributed by atoms with E-state index in [1.54, 1.807) is 23.1 Å². The van der Waals surface area contributed by atoms with Gasteiger partial charge in [-0.1, -0.05) is 0 Å². The van der Waals surface area contributed by atoms with Gasteiger partial charge in [-0.25, -0.2) is 9.59 Å². The highest BCUT2D eigenvalue weighted by molar-refractivity contribution is 5.96. The van der Waals surface area contributed by atoms with Crippen LogP contribution in [0.2, 0.25) is 0 Å². The van der Waals surface area contributed by atoms with Gasteiger partial charge in [-0.3, -0.25) is 10.1 Å². The number of fused-ring (bicyclic) bond motifs is 1. The van der Waals surface area contributed by atoms with Crippen LogP contribution in [0.3, 0.4) is 0 Å². The molecule has 26 heavy (non-hydrogen) atoms. The second-order valence-electron chi connectivity index (χ2n) is 6.35. The summed E-state index contributed by atoms with van der Waals surface area (Å²) in [6.07, 6.45) is 1.77. The number of carbonyl (C=O) groups is 3. The Bertz CT molecular complexity index is 706. The molecule has 3 rings (SSSR count). The smallest absolute Gasteiger partial charge is 0.411 e. The van der Waals surface area contributed by atoms with Gasteiger partial charge >= 0.3 is 12.2 Å². The monoisotopic (exact) mass is 361 g/mol. The van der Waals surface area contributed by atoms with Crippen LogP contribution in [0.15, 0.2) is 18.2 Å². The van der Waals surface area contributed by atoms with E-state index in [4.69, 9.17) is 9.47 Å². The molecule has 0 radical (unpaired) electrons. The zero-order valence-electron chi connectivity index (χ0n) is 14.7. The molecule has 1 aromatic rings. The van der Waals surface area contributed by atoms with Gasteiger partial charge in [0.2, 0.25) is 0 Å².